The summed E-state index contributed by atoms with van der Waals surface area (Å²) in [6.45, 7) is 10.9. The van der Waals surface area contributed by atoms with Crippen molar-refractivity contribution in [2.24, 2.45) is 11.8 Å². The van der Waals surface area contributed by atoms with Gasteiger partial charge in [-0.25, -0.2) is 0 Å². The van der Waals surface area contributed by atoms with Crippen molar-refractivity contribution in [2.75, 3.05) is 0 Å². The standard InChI is InChI=1S/C21H32O/c1-15(2)16(3)21(5,17(4)22)20-13-11-19(12-14-20)10-9-18-7-6-8-18/h9,11-17,22H,6-8,10H2,1-5H3. The van der Waals surface area contributed by atoms with Crippen molar-refractivity contribution in [2.45, 2.75) is 71.8 Å². The highest BCUT2D eigenvalue weighted by Gasteiger charge is 2.38. The molecule has 1 aromatic rings. The van der Waals surface area contributed by atoms with E-state index >= 15 is 0 Å². The Bertz CT molecular complexity index is 503. The molecule has 1 saturated carbocycles. The number of aliphatic hydroxyl groups excluding tert-OH is 1. The number of allylic oxidation sites excluding steroid dienone is 2. The molecule has 1 aliphatic carbocycles. The zero-order valence-electron chi connectivity index (χ0n) is 14.9. The Morgan fingerprint density at radius 1 is 1.09 bits per heavy atom. The first-order valence-corrected chi connectivity index (χ1v) is 8.81. The predicted octanol–water partition coefficient (Wildman–Crippen LogP) is 5.27. The third-order valence-electron chi connectivity index (χ3n) is 6.01. The Labute approximate surface area is 136 Å². The van der Waals surface area contributed by atoms with Crippen LogP contribution in [0.4, 0.5) is 0 Å². The molecular formula is C21H32O. The highest BCUT2D eigenvalue weighted by atomic mass is 16.3. The van der Waals surface area contributed by atoms with Crippen LogP contribution in [-0.4, -0.2) is 11.2 Å². The molecule has 1 fully saturated rings. The lowest BCUT2D eigenvalue weighted by Crippen LogP contribution is -2.42. The lowest BCUT2D eigenvalue weighted by molar-refractivity contribution is 0.0550. The minimum absolute atomic E-state index is 0.195. The van der Waals surface area contributed by atoms with Gasteiger partial charge in [0.2, 0.25) is 0 Å². The zero-order valence-corrected chi connectivity index (χ0v) is 14.9. The van der Waals surface area contributed by atoms with Crippen molar-refractivity contribution in [3.63, 3.8) is 0 Å². The number of hydrogen-bond acceptors (Lipinski definition) is 1. The summed E-state index contributed by atoms with van der Waals surface area (Å²) in [5.41, 5.74) is 4.04. The van der Waals surface area contributed by atoms with Gasteiger partial charge in [0.25, 0.3) is 0 Å². The molecule has 2 rings (SSSR count). The van der Waals surface area contributed by atoms with Gasteiger partial charge in [0, 0.05) is 5.41 Å². The van der Waals surface area contributed by atoms with Crippen LogP contribution in [0.2, 0.25) is 0 Å². The van der Waals surface area contributed by atoms with Crippen molar-refractivity contribution in [1.29, 1.82) is 0 Å². The van der Waals surface area contributed by atoms with Gasteiger partial charge in [0.15, 0.2) is 0 Å². The maximum atomic E-state index is 10.4. The maximum Gasteiger partial charge on any atom is 0.0608 e. The normalized spacial score (nSPS) is 20.2. The van der Waals surface area contributed by atoms with Crippen LogP contribution < -0.4 is 0 Å². The minimum Gasteiger partial charge on any atom is -0.392 e. The van der Waals surface area contributed by atoms with Crippen LogP contribution in [-0.2, 0) is 11.8 Å². The number of rotatable bonds is 6. The number of hydrogen-bond donors (Lipinski definition) is 1. The molecule has 1 heteroatoms. The second-order valence-corrected chi connectivity index (χ2v) is 7.61. The van der Waals surface area contributed by atoms with Crippen molar-refractivity contribution in [3.05, 3.63) is 47.0 Å². The third-order valence-corrected chi connectivity index (χ3v) is 6.01. The summed E-state index contributed by atoms with van der Waals surface area (Å²) in [7, 11) is 0. The van der Waals surface area contributed by atoms with E-state index in [1.165, 1.54) is 30.4 Å². The molecule has 1 nitrogen and oxygen atoms in total. The fourth-order valence-electron chi connectivity index (χ4n) is 3.42. The third kappa shape index (κ3) is 3.46. The van der Waals surface area contributed by atoms with E-state index in [2.05, 4.69) is 58.0 Å². The first-order valence-electron chi connectivity index (χ1n) is 8.81. The Kier molecular flexibility index (Phi) is 5.50. The molecule has 1 N–H and O–H groups in total. The van der Waals surface area contributed by atoms with Gasteiger partial charge < -0.3 is 5.11 Å². The fourth-order valence-corrected chi connectivity index (χ4v) is 3.42. The van der Waals surface area contributed by atoms with Gasteiger partial charge in [-0.15, -0.1) is 0 Å². The number of benzene rings is 1. The summed E-state index contributed by atoms with van der Waals surface area (Å²) >= 11 is 0. The lowest BCUT2D eigenvalue weighted by atomic mass is 9.65. The van der Waals surface area contributed by atoms with E-state index in [-0.39, 0.29) is 11.5 Å². The molecule has 0 bridgehead atoms. The van der Waals surface area contributed by atoms with Gasteiger partial charge in [-0.2, -0.15) is 0 Å². The van der Waals surface area contributed by atoms with Gasteiger partial charge in [0.05, 0.1) is 6.10 Å². The van der Waals surface area contributed by atoms with E-state index in [1.807, 2.05) is 6.92 Å². The van der Waals surface area contributed by atoms with E-state index < -0.39 is 0 Å². The molecule has 0 aromatic heterocycles. The van der Waals surface area contributed by atoms with Crippen LogP contribution in [0.1, 0.15) is 65.0 Å². The Hall–Kier alpha value is -1.08. The van der Waals surface area contributed by atoms with E-state index in [0.29, 0.717) is 11.8 Å². The van der Waals surface area contributed by atoms with Crippen LogP contribution in [0.3, 0.4) is 0 Å². The molecule has 1 aliphatic rings. The quantitative estimate of drug-likeness (QED) is 0.710. The van der Waals surface area contributed by atoms with Gasteiger partial charge in [-0.05, 0) is 55.6 Å². The van der Waals surface area contributed by atoms with Crippen LogP contribution in [0.15, 0.2) is 35.9 Å². The van der Waals surface area contributed by atoms with E-state index in [1.54, 1.807) is 5.57 Å². The van der Waals surface area contributed by atoms with E-state index in [9.17, 15) is 5.11 Å². The molecule has 0 spiro atoms. The van der Waals surface area contributed by atoms with Crippen molar-refractivity contribution < 1.29 is 5.11 Å². The van der Waals surface area contributed by atoms with E-state index in [4.69, 9.17) is 0 Å². The average molecular weight is 300 g/mol. The summed E-state index contributed by atoms with van der Waals surface area (Å²) in [5, 5.41) is 10.4. The molecule has 0 aliphatic heterocycles. The highest BCUT2D eigenvalue weighted by Crippen LogP contribution is 2.39. The minimum atomic E-state index is -0.354. The Morgan fingerprint density at radius 2 is 1.68 bits per heavy atom. The zero-order chi connectivity index (χ0) is 16.3. The van der Waals surface area contributed by atoms with Crippen LogP contribution >= 0.6 is 0 Å². The first-order chi connectivity index (χ1) is 10.4. The molecule has 122 valence electrons. The van der Waals surface area contributed by atoms with Gasteiger partial charge in [-0.1, -0.05) is 63.6 Å². The van der Waals surface area contributed by atoms with Gasteiger partial charge in [-0.3, -0.25) is 0 Å². The maximum absolute atomic E-state index is 10.4. The Morgan fingerprint density at radius 3 is 2.09 bits per heavy atom. The predicted molar refractivity (Wildman–Crippen MR) is 95.1 cm³/mol. The van der Waals surface area contributed by atoms with Gasteiger partial charge in [0.1, 0.15) is 0 Å². The van der Waals surface area contributed by atoms with Crippen molar-refractivity contribution >= 4 is 0 Å². The summed E-state index contributed by atoms with van der Waals surface area (Å²) in [5.74, 6) is 0.970. The first kappa shape index (κ1) is 17.3. The van der Waals surface area contributed by atoms with Crippen LogP contribution in [0, 0.1) is 11.8 Å². The molecule has 0 radical (unpaired) electrons. The summed E-state index contributed by atoms with van der Waals surface area (Å²) in [6, 6.07) is 8.91. The van der Waals surface area contributed by atoms with E-state index in [0.717, 1.165) is 6.42 Å². The molecule has 22 heavy (non-hydrogen) atoms. The average Bonchev–Trinajstić information content (AvgIpc) is 2.44. The Balaban J connectivity index is 2.18. The summed E-state index contributed by atoms with van der Waals surface area (Å²) in [4.78, 5) is 0. The highest BCUT2D eigenvalue weighted by molar-refractivity contribution is 5.32. The molecule has 3 unspecified atom stereocenters. The monoisotopic (exact) mass is 300 g/mol. The summed E-state index contributed by atoms with van der Waals surface area (Å²) < 4.78 is 0. The van der Waals surface area contributed by atoms with Crippen LogP contribution in [0.25, 0.3) is 0 Å². The smallest absolute Gasteiger partial charge is 0.0608 e. The van der Waals surface area contributed by atoms with Crippen molar-refractivity contribution in [3.8, 4) is 0 Å². The molecule has 0 amide bonds. The molecule has 1 aromatic carbocycles. The fraction of sp³-hybridized carbons (Fsp3) is 0.619. The second kappa shape index (κ2) is 7.00. The molecule has 0 saturated heterocycles. The van der Waals surface area contributed by atoms with Crippen molar-refractivity contribution in [1.82, 2.24) is 0 Å². The largest absolute Gasteiger partial charge is 0.392 e. The molecular weight excluding hydrogens is 268 g/mol. The lowest BCUT2D eigenvalue weighted by Gasteiger charge is -2.41. The van der Waals surface area contributed by atoms with Gasteiger partial charge >= 0.3 is 0 Å². The second-order valence-electron chi connectivity index (χ2n) is 7.61. The SMILES string of the molecule is CC(C)C(C)C(C)(c1ccc(CC=C2CCC2)cc1)C(C)O. The summed E-state index contributed by atoms with van der Waals surface area (Å²) in [6.07, 6.45) is 7.04. The topological polar surface area (TPSA) is 20.2 Å². The molecule has 3 atom stereocenters. The molecule has 0 heterocycles. The number of aliphatic hydroxyl groups is 1. The van der Waals surface area contributed by atoms with Crippen LogP contribution in [0.5, 0.6) is 0 Å².